The first kappa shape index (κ1) is 29.6. The maximum Gasteiger partial charge on any atom is 0.301 e. The molecule has 11 heteroatoms. The van der Waals surface area contributed by atoms with E-state index in [1.54, 1.807) is 36.4 Å². The summed E-state index contributed by atoms with van der Waals surface area (Å²) in [6, 6.07) is 30.8. The summed E-state index contributed by atoms with van der Waals surface area (Å²) >= 11 is 2.71. The summed E-state index contributed by atoms with van der Waals surface area (Å²) in [6.07, 6.45) is 0. The van der Waals surface area contributed by atoms with Gasteiger partial charge in [0.05, 0.1) is 11.6 Å². The molecule has 1 saturated heterocycles. The molecule has 3 heterocycles. The Morgan fingerprint density at radius 3 is 2.39 bits per heavy atom. The van der Waals surface area contributed by atoms with Crippen molar-refractivity contribution in [3.63, 3.8) is 0 Å². The van der Waals surface area contributed by atoms with Gasteiger partial charge in [0, 0.05) is 11.3 Å². The van der Waals surface area contributed by atoms with Crippen molar-refractivity contribution in [2.75, 3.05) is 18.1 Å². The predicted molar refractivity (Wildman–Crippen MR) is 175 cm³/mol. The molecule has 0 aliphatic carbocycles. The molecule has 4 aromatic carbocycles. The lowest BCUT2D eigenvalue weighted by molar-refractivity contribution is -0.132. The molecule has 7 rings (SSSR count). The summed E-state index contributed by atoms with van der Waals surface area (Å²) in [5, 5.41) is 20.5. The first-order valence-corrected chi connectivity index (χ1v) is 16.3. The van der Waals surface area contributed by atoms with Crippen LogP contribution in [0.3, 0.4) is 0 Å². The zero-order valence-electron chi connectivity index (χ0n) is 24.4. The lowest BCUT2D eigenvalue weighted by Gasteiger charge is -2.23. The Balaban J connectivity index is 1.26. The molecule has 1 atom stereocenters. The van der Waals surface area contributed by atoms with Crippen LogP contribution in [0.25, 0.3) is 5.76 Å². The molecule has 0 spiro atoms. The highest BCUT2D eigenvalue weighted by Gasteiger charge is 2.48. The number of ether oxygens (including phenoxy) is 3. The molecule has 2 aliphatic heterocycles. The number of anilines is 1. The second-order valence-corrected chi connectivity index (χ2v) is 12.7. The minimum Gasteiger partial charge on any atom is -0.507 e. The SMILES string of the molecule is O=C1C(=O)N(c2nnc(SCc3ccccc3)s2)C(c2cccc(OCc3ccccc3)c2)C1=C(O)c1ccc2c(c1)OCCO2. The van der Waals surface area contributed by atoms with E-state index < -0.39 is 17.7 Å². The van der Waals surface area contributed by atoms with E-state index in [0.717, 1.165) is 11.1 Å². The van der Waals surface area contributed by atoms with Gasteiger partial charge in [0.1, 0.15) is 31.3 Å². The van der Waals surface area contributed by atoms with E-state index in [0.29, 0.717) is 58.3 Å². The molecule has 2 aliphatic rings. The molecule has 1 unspecified atom stereocenters. The van der Waals surface area contributed by atoms with Gasteiger partial charge in [-0.3, -0.25) is 14.5 Å². The molecule has 0 bridgehead atoms. The van der Waals surface area contributed by atoms with Crippen LogP contribution < -0.4 is 19.1 Å². The summed E-state index contributed by atoms with van der Waals surface area (Å²) < 4.78 is 18.1. The number of benzene rings is 4. The maximum absolute atomic E-state index is 13.7. The molecule has 1 fully saturated rings. The molecule has 1 aromatic heterocycles. The number of hydrogen-bond donors (Lipinski definition) is 1. The Morgan fingerprint density at radius 1 is 0.870 bits per heavy atom. The summed E-state index contributed by atoms with van der Waals surface area (Å²) in [7, 11) is 0. The van der Waals surface area contributed by atoms with Crippen LogP contribution in [0.2, 0.25) is 0 Å². The number of Topliss-reactive ketones (excluding diaryl/α,β-unsaturated/α-hetero) is 1. The fourth-order valence-corrected chi connectivity index (χ4v) is 7.11. The number of fused-ring (bicyclic) bond motifs is 1. The van der Waals surface area contributed by atoms with Crippen LogP contribution in [0.5, 0.6) is 17.2 Å². The van der Waals surface area contributed by atoms with Crippen molar-refractivity contribution in [1.29, 1.82) is 0 Å². The molecule has 230 valence electrons. The van der Waals surface area contributed by atoms with E-state index in [4.69, 9.17) is 14.2 Å². The van der Waals surface area contributed by atoms with Gasteiger partial charge in [-0.1, -0.05) is 95.9 Å². The third-order valence-electron chi connectivity index (χ3n) is 7.49. The highest BCUT2D eigenvalue weighted by atomic mass is 32.2. The van der Waals surface area contributed by atoms with Crippen LogP contribution in [-0.2, 0) is 21.9 Å². The Labute approximate surface area is 273 Å². The van der Waals surface area contributed by atoms with Gasteiger partial charge in [-0.15, -0.1) is 10.2 Å². The number of aromatic nitrogens is 2. The highest BCUT2D eigenvalue weighted by molar-refractivity contribution is 8.00. The zero-order chi connectivity index (χ0) is 31.5. The van der Waals surface area contributed by atoms with E-state index in [2.05, 4.69) is 10.2 Å². The third kappa shape index (κ3) is 6.07. The fourth-order valence-electron chi connectivity index (χ4n) is 5.28. The zero-order valence-corrected chi connectivity index (χ0v) is 26.0. The molecule has 0 radical (unpaired) electrons. The standard InChI is InChI=1S/C35H27N3O6S2/c39-31(25-14-15-27-28(19-25)43-17-16-42-27)29-30(24-12-7-13-26(18-24)44-20-22-8-3-1-4-9-22)38(33(41)32(29)40)34-36-37-35(46-34)45-21-23-10-5-2-6-11-23/h1-15,18-19,30,39H,16-17,20-21H2. The fraction of sp³-hybridized carbons (Fsp3) is 0.143. The average molecular weight is 650 g/mol. The molecule has 46 heavy (non-hydrogen) atoms. The number of amides is 1. The summed E-state index contributed by atoms with van der Waals surface area (Å²) in [6.45, 7) is 1.11. The predicted octanol–water partition coefficient (Wildman–Crippen LogP) is 6.81. The second-order valence-electron chi connectivity index (χ2n) is 10.5. The quantitative estimate of drug-likeness (QED) is 0.0606. The smallest absolute Gasteiger partial charge is 0.301 e. The summed E-state index contributed by atoms with van der Waals surface area (Å²) in [4.78, 5) is 28.8. The molecule has 5 aromatic rings. The van der Waals surface area contributed by atoms with Gasteiger partial charge in [-0.2, -0.15) is 0 Å². The number of nitrogens with zero attached hydrogens (tertiary/aromatic N) is 3. The molecular formula is C35H27N3O6S2. The Bertz CT molecular complexity index is 1930. The largest absolute Gasteiger partial charge is 0.507 e. The van der Waals surface area contributed by atoms with Crippen LogP contribution >= 0.6 is 23.1 Å². The topological polar surface area (TPSA) is 111 Å². The lowest BCUT2D eigenvalue weighted by Crippen LogP contribution is -2.29. The van der Waals surface area contributed by atoms with Crippen LogP contribution in [0.1, 0.15) is 28.3 Å². The van der Waals surface area contributed by atoms with Crippen molar-refractivity contribution in [3.05, 3.63) is 131 Å². The van der Waals surface area contributed by atoms with Gasteiger partial charge in [0.25, 0.3) is 5.78 Å². The van der Waals surface area contributed by atoms with Gasteiger partial charge in [-0.25, -0.2) is 0 Å². The van der Waals surface area contributed by atoms with Crippen molar-refractivity contribution < 1.29 is 28.9 Å². The number of rotatable bonds is 9. The van der Waals surface area contributed by atoms with Crippen LogP contribution in [0.15, 0.2) is 113 Å². The normalized spacial score (nSPS) is 16.9. The van der Waals surface area contributed by atoms with Crippen molar-refractivity contribution in [3.8, 4) is 17.2 Å². The van der Waals surface area contributed by atoms with Crippen LogP contribution in [-0.4, -0.2) is 40.2 Å². The van der Waals surface area contributed by atoms with Gasteiger partial charge in [0.15, 0.2) is 15.8 Å². The van der Waals surface area contributed by atoms with Crippen LogP contribution in [0.4, 0.5) is 5.13 Å². The minimum atomic E-state index is -0.992. The number of thioether (sulfide) groups is 1. The number of ketones is 1. The Kier molecular flexibility index (Phi) is 8.41. The van der Waals surface area contributed by atoms with Crippen molar-refractivity contribution in [2.24, 2.45) is 0 Å². The van der Waals surface area contributed by atoms with Gasteiger partial charge in [-0.05, 0) is 47.0 Å². The lowest BCUT2D eigenvalue weighted by atomic mass is 9.95. The van der Waals surface area contributed by atoms with Crippen LogP contribution in [0, 0.1) is 0 Å². The number of carbonyl (C=O) groups is 2. The molecule has 0 saturated carbocycles. The maximum atomic E-state index is 13.7. The Morgan fingerprint density at radius 2 is 1.61 bits per heavy atom. The molecule has 1 N–H and O–H groups in total. The van der Waals surface area contributed by atoms with Gasteiger partial charge >= 0.3 is 5.91 Å². The summed E-state index contributed by atoms with van der Waals surface area (Å²) in [5.74, 6) is 0.225. The van der Waals surface area contributed by atoms with E-state index in [1.165, 1.54) is 28.0 Å². The number of aliphatic hydroxyl groups excluding tert-OH is 1. The monoisotopic (exact) mass is 649 g/mol. The Hall–Kier alpha value is -5.13. The number of carbonyl (C=O) groups excluding carboxylic acids is 2. The van der Waals surface area contributed by atoms with E-state index >= 15 is 0 Å². The highest BCUT2D eigenvalue weighted by Crippen LogP contribution is 2.45. The third-order valence-corrected chi connectivity index (χ3v) is 9.62. The molecular weight excluding hydrogens is 623 g/mol. The van der Waals surface area contributed by atoms with Crippen molar-refractivity contribution in [2.45, 2.75) is 22.7 Å². The van der Waals surface area contributed by atoms with E-state index in [9.17, 15) is 14.7 Å². The number of aliphatic hydroxyl groups is 1. The second kappa shape index (κ2) is 13.1. The van der Waals surface area contributed by atoms with Gasteiger partial charge in [0.2, 0.25) is 5.13 Å². The summed E-state index contributed by atoms with van der Waals surface area (Å²) in [5.41, 5.74) is 2.93. The number of hydrogen-bond acceptors (Lipinski definition) is 10. The van der Waals surface area contributed by atoms with Gasteiger partial charge < -0.3 is 19.3 Å². The first-order valence-electron chi connectivity index (χ1n) is 14.5. The minimum absolute atomic E-state index is 0.0735. The average Bonchev–Trinajstić information content (AvgIpc) is 3.68. The molecule has 9 nitrogen and oxygen atoms in total. The van der Waals surface area contributed by atoms with E-state index in [1.807, 2.05) is 66.7 Å². The molecule has 1 amide bonds. The van der Waals surface area contributed by atoms with Crippen molar-refractivity contribution in [1.82, 2.24) is 10.2 Å². The van der Waals surface area contributed by atoms with Crippen molar-refractivity contribution >= 4 is 45.7 Å². The first-order chi connectivity index (χ1) is 22.5. The van der Waals surface area contributed by atoms with E-state index in [-0.39, 0.29) is 16.5 Å².